The van der Waals surface area contributed by atoms with Crippen LogP contribution in [0.1, 0.15) is 30.3 Å². The maximum Gasteiger partial charge on any atom is 0.265 e. The molecular formula is C23H23N3O3S. The predicted octanol–water partition coefficient (Wildman–Crippen LogP) is 4.61. The first kappa shape index (κ1) is 20.1. The van der Waals surface area contributed by atoms with Gasteiger partial charge in [-0.15, -0.1) is 11.3 Å². The van der Waals surface area contributed by atoms with E-state index in [0.717, 1.165) is 16.3 Å². The van der Waals surface area contributed by atoms with Crippen molar-refractivity contribution < 1.29 is 14.3 Å². The smallest absolute Gasteiger partial charge is 0.265 e. The molecule has 4 rings (SSSR count). The number of amides is 2. The molecule has 3 aromatic rings. The molecule has 0 saturated carbocycles. The second-order valence-electron chi connectivity index (χ2n) is 7.53. The number of fused-ring (bicyclic) bond motifs is 1. The normalized spacial score (nSPS) is 13.2. The number of aromatic nitrogens is 1. The van der Waals surface area contributed by atoms with Gasteiger partial charge in [-0.25, -0.2) is 4.98 Å². The predicted molar refractivity (Wildman–Crippen MR) is 119 cm³/mol. The fraction of sp³-hybridized carbons (Fsp3) is 0.261. The third kappa shape index (κ3) is 4.21. The summed E-state index contributed by atoms with van der Waals surface area (Å²) >= 11 is 1.57. The van der Waals surface area contributed by atoms with E-state index in [1.54, 1.807) is 11.3 Å². The van der Waals surface area contributed by atoms with E-state index in [1.807, 2.05) is 54.8 Å². The van der Waals surface area contributed by atoms with Gasteiger partial charge in [0.15, 0.2) is 6.61 Å². The summed E-state index contributed by atoms with van der Waals surface area (Å²) in [5, 5.41) is 5.81. The highest BCUT2D eigenvalue weighted by molar-refractivity contribution is 7.09. The first-order valence-electron chi connectivity index (χ1n) is 9.80. The molecule has 0 saturated heterocycles. The molecule has 2 aromatic carbocycles. The van der Waals surface area contributed by atoms with E-state index in [0.29, 0.717) is 23.0 Å². The van der Waals surface area contributed by atoms with Crippen molar-refractivity contribution in [2.45, 2.75) is 26.7 Å². The Morgan fingerprint density at radius 3 is 2.67 bits per heavy atom. The van der Waals surface area contributed by atoms with Gasteiger partial charge in [0.1, 0.15) is 12.3 Å². The Morgan fingerprint density at radius 1 is 1.23 bits per heavy atom. The van der Waals surface area contributed by atoms with Crippen LogP contribution in [0.25, 0.3) is 11.3 Å². The van der Waals surface area contributed by atoms with Crippen LogP contribution in [0.15, 0.2) is 47.8 Å². The number of nitrogens with zero attached hydrogens (tertiary/aromatic N) is 2. The molecule has 1 aliphatic heterocycles. The molecule has 0 fully saturated rings. The number of thiazole rings is 1. The van der Waals surface area contributed by atoms with E-state index in [2.05, 4.69) is 24.1 Å². The first-order valence-corrected chi connectivity index (χ1v) is 10.7. The van der Waals surface area contributed by atoms with Gasteiger partial charge in [-0.2, -0.15) is 0 Å². The molecule has 30 heavy (non-hydrogen) atoms. The Morgan fingerprint density at radius 2 is 2.00 bits per heavy atom. The molecule has 2 amide bonds. The van der Waals surface area contributed by atoms with Gasteiger partial charge in [0.25, 0.3) is 5.91 Å². The van der Waals surface area contributed by atoms with Crippen molar-refractivity contribution in [3.8, 4) is 17.0 Å². The molecule has 0 unspecified atom stereocenters. The minimum atomic E-state index is -0.261. The van der Waals surface area contributed by atoms with Crippen LogP contribution < -0.4 is 15.0 Å². The van der Waals surface area contributed by atoms with Crippen LogP contribution in [0.5, 0.6) is 5.75 Å². The average Bonchev–Trinajstić information content (AvgIpc) is 3.16. The van der Waals surface area contributed by atoms with Gasteiger partial charge in [0, 0.05) is 16.6 Å². The van der Waals surface area contributed by atoms with Crippen molar-refractivity contribution in [2.24, 2.45) is 0 Å². The highest BCUT2D eigenvalue weighted by Gasteiger charge is 2.28. The number of carbonyl (C=O) groups is 2. The van der Waals surface area contributed by atoms with Crippen molar-refractivity contribution in [3.63, 3.8) is 0 Å². The monoisotopic (exact) mass is 421 g/mol. The van der Waals surface area contributed by atoms with E-state index in [-0.39, 0.29) is 25.0 Å². The third-order valence-corrected chi connectivity index (χ3v) is 5.75. The van der Waals surface area contributed by atoms with E-state index >= 15 is 0 Å². The quantitative estimate of drug-likeness (QED) is 0.653. The van der Waals surface area contributed by atoms with E-state index < -0.39 is 0 Å². The molecule has 0 aliphatic carbocycles. The Hall–Kier alpha value is -3.19. The average molecular weight is 422 g/mol. The summed E-state index contributed by atoms with van der Waals surface area (Å²) in [7, 11) is 0. The van der Waals surface area contributed by atoms with Crippen LogP contribution in [0, 0.1) is 6.92 Å². The van der Waals surface area contributed by atoms with Gasteiger partial charge in [0.05, 0.1) is 16.4 Å². The Labute approximate surface area is 179 Å². The summed E-state index contributed by atoms with van der Waals surface area (Å²) in [4.78, 5) is 31.2. The summed E-state index contributed by atoms with van der Waals surface area (Å²) < 4.78 is 5.56. The topological polar surface area (TPSA) is 71.5 Å². The van der Waals surface area contributed by atoms with Crippen LogP contribution >= 0.6 is 11.3 Å². The van der Waals surface area contributed by atoms with Crippen LogP contribution in [0.2, 0.25) is 0 Å². The maximum absolute atomic E-state index is 12.7. The Kier molecular flexibility index (Phi) is 5.55. The van der Waals surface area contributed by atoms with Crippen molar-refractivity contribution in [1.29, 1.82) is 0 Å². The lowest BCUT2D eigenvalue weighted by Gasteiger charge is -2.29. The fourth-order valence-corrected chi connectivity index (χ4v) is 3.95. The zero-order valence-electron chi connectivity index (χ0n) is 17.1. The number of hydrogen-bond acceptors (Lipinski definition) is 5. The number of hydrogen-bond donors (Lipinski definition) is 1. The second kappa shape index (κ2) is 8.28. The van der Waals surface area contributed by atoms with Crippen LogP contribution in [-0.2, 0) is 9.59 Å². The molecular weight excluding hydrogens is 398 g/mol. The van der Waals surface area contributed by atoms with Gasteiger partial charge in [0.2, 0.25) is 5.91 Å². The molecule has 1 aliphatic rings. The lowest BCUT2D eigenvalue weighted by Crippen LogP contribution is -2.43. The van der Waals surface area contributed by atoms with Gasteiger partial charge in [-0.05, 0) is 48.7 Å². The molecule has 0 atom stereocenters. The number of anilines is 2. The molecule has 1 N–H and O–H groups in total. The van der Waals surface area contributed by atoms with E-state index in [4.69, 9.17) is 4.74 Å². The van der Waals surface area contributed by atoms with Crippen LogP contribution in [-0.4, -0.2) is 29.9 Å². The standard InChI is InChI=1S/C23H23N3O3S/c1-14(2)16-4-7-18(8-5-16)25-22(27)11-26-20-10-17(19-13-30-15(3)24-19)6-9-21(20)29-12-23(26)28/h4-10,13-14H,11-12H2,1-3H3,(H,25,27). The van der Waals surface area contributed by atoms with E-state index in [9.17, 15) is 9.59 Å². The molecule has 2 heterocycles. The number of ether oxygens (including phenoxy) is 1. The largest absolute Gasteiger partial charge is 0.482 e. The molecule has 7 heteroatoms. The summed E-state index contributed by atoms with van der Waals surface area (Å²) in [5.74, 6) is 0.495. The maximum atomic E-state index is 12.7. The van der Waals surface area contributed by atoms with Gasteiger partial charge in [-0.3, -0.25) is 14.5 Å². The first-order chi connectivity index (χ1) is 14.4. The minimum absolute atomic E-state index is 0.0827. The molecule has 154 valence electrons. The Bertz CT molecular complexity index is 1090. The molecule has 1 aromatic heterocycles. The number of rotatable bonds is 5. The SMILES string of the molecule is Cc1nc(-c2ccc3c(c2)N(CC(=O)Nc2ccc(C(C)C)cc2)C(=O)CO3)cs1. The minimum Gasteiger partial charge on any atom is -0.482 e. The van der Waals surface area contributed by atoms with Crippen LogP contribution in [0.3, 0.4) is 0 Å². The molecule has 0 bridgehead atoms. The van der Waals surface area contributed by atoms with Crippen molar-refractivity contribution >= 4 is 34.5 Å². The number of nitrogens with one attached hydrogen (secondary N) is 1. The molecule has 0 radical (unpaired) electrons. The lowest BCUT2D eigenvalue weighted by atomic mass is 10.0. The summed E-state index contributed by atoms with van der Waals surface area (Å²) in [6.07, 6.45) is 0. The molecule has 6 nitrogen and oxygen atoms in total. The van der Waals surface area contributed by atoms with Gasteiger partial charge in [-0.1, -0.05) is 26.0 Å². The molecule has 0 spiro atoms. The lowest BCUT2D eigenvalue weighted by molar-refractivity contribution is -0.123. The van der Waals surface area contributed by atoms with Gasteiger partial charge >= 0.3 is 0 Å². The van der Waals surface area contributed by atoms with Crippen molar-refractivity contribution in [3.05, 3.63) is 58.4 Å². The third-order valence-electron chi connectivity index (χ3n) is 4.98. The van der Waals surface area contributed by atoms with Crippen molar-refractivity contribution in [1.82, 2.24) is 4.98 Å². The van der Waals surface area contributed by atoms with Crippen LogP contribution in [0.4, 0.5) is 11.4 Å². The fourth-order valence-electron chi connectivity index (χ4n) is 3.33. The highest BCUT2D eigenvalue weighted by atomic mass is 32.1. The number of benzene rings is 2. The van der Waals surface area contributed by atoms with Gasteiger partial charge < -0.3 is 10.1 Å². The Balaban J connectivity index is 1.54. The number of aryl methyl sites for hydroxylation is 1. The summed E-state index contributed by atoms with van der Waals surface area (Å²) in [6, 6.07) is 13.3. The zero-order valence-corrected chi connectivity index (χ0v) is 18.0. The highest BCUT2D eigenvalue weighted by Crippen LogP contribution is 2.36. The van der Waals surface area contributed by atoms with Crippen molar-refractivity contribution in [2.75, 3.05) is 23.4 Å². The van der Waals surface area contributed by atoms with E-state index in [1.165, 1.54) is 10.5 Å². The summed E-state index contributed by atoms with van der Waals surface area (Å²) in [6.45, 7) is 6.02. The zero-order chi connectivity index (χ0) is 21.3. The second-order valence-corrected chi connectivity index (χ2v) is 8.59. The summed E-state index contributed by atoms with van der Waals surface area (Å²) in [5.41, 5.74) is 4.21. The number of carbonyl (C=O) groups excluding carboxylic acids is 2.